The van der Waals surface area contributed by atoms with Crippen molar-refractivity contribution in [2.24, 2.45) is 7.05 Å². The molecule has 0 bridgehead atoms. The van der Waals surface area contributed by atoms with Crippen LogP contribution in [0.5, 0.6) is 0 Å². The molecule has 1 N–H and O–H groups in total. The highest BCUT2D eigenvalue weighted by molar-refractivity contribution is 6.04. The number of rotatable bonds is 4. The van der Waals surface area contributed by atoms with Gasteiger partial charge in [0.15, 0.2) is 5.69 Å². The van der Waals surface area contributed by atoms with Crippen LogP contribution in [0, 0.1) is 19.7 Å². The zero-order valence-corrected chi connectivity index (χ0v) is 16.8. The van der Waals surface area contributed by atoms with Gasteiger partial charge in [0.2, 0.25) is 5.43 Å². The second kappa shape index (κ2) is 7.55. The molecule has 0 radical (unpaired) electrons. The molecular weight excluding hydrogens is 385 g/mol. The van der Waals surface area contributed by atoms with Gasteiger partial charge in [0.25, 0.3) is 5.91 Å². The summed E-state index contributed by atoms with van der Waals surface area (Å²) in [5.41, 5.74) is 3.00. The highest BCUT2D eigenvalue weighted by Crippen LogP contribution is 2.15. The van der Waals surface area contributed by atoms with Crippen LogP contribution in [0.3, 0.4) is 0 Å². The summed E-state index contributed by atoms with van der Waals surface area (Å²) >= 11 is 0. The first-order chi connectivity index (χ1) is 14.3. The number of anilines is 1. The smallest absolute Gasteiger partial charge is 0.280 e. The number of aryl methyl sites for hydroxylation is 3. The van der Waals surface area contributed by atoms with Crippen molar-refractivity contribution < 1.29 is 9.18 Å². The summed E-state index contributed by atoms with van der Waals surface area (Å²) in [6, 6.07) is 13.1. The number of aromatic nitrogens is 4. The number of hydrogen-bond donors (Lipinski definition) is 1. The average molecular weight is 405 g/mol. The number of halogens is 1. The van der Waals surface area contributed by atoms with Crippen molar-refractivity contribution in [1.29, 1.82) is 0 Å². The molecule has 4 rings (SSSR count). The number of nitrogens with one attached hydrogen (secondary N) is 1. The van der Waals surface area contributed by atoms with Gasteiger partial charge in [-0.25, -0.2) is 4.39 Å². The maximum Gasteiger partial charge on any atom is 0.280 e. The van der Waals surface area contributed by atoms with Gasteiger partial charge >= 0.3 is 0 Å². The lowest BCUT2D eigenvalue weighted by atomic mass is 10.1. The quantitative estimate of drug-likeness (QED) is 0.565. The van der Waals surface area contributed by atoms with Crippen molar-refractivity contribution in [1.82, 2.24) is 19.6 Å². The first-order valence-corrected chi connectivity index (χ1v) is 9.40. The first-order valence-electron chi connectivity index (χ1n) is 9.40. The van der Waals surface area contributed by atoms with Crippen molar-refractivity contribution >= 4 is 22.5 Å². The van der Waals surface area contributed by atoms with Gasteiger partial charge in [-0.15, -0.1) is 0 Å². The number of amides is 1. The van der Waals surface area contributed by atoms with E-state index >= 15 is 0 Å². The normalized spacial score (nSPS) is 11.1. The highest BCUT2D eigenvalue weighted by Gasteiger charge is 2.17. The summed E-state index contributed by atoms with van der Waals surface area (Å²) in [4.78, 5) is 25.4. The Morgan fingerprint density at radius 2 is 1.90 bits per heavy atom. The Labute approximate surface area is 171 Å². The fourth-order valence-electron chi connectivity index (χ4n) is 3.44. The van der Waals surface area contributed by atoms with Gasteiger partial charge in [-0.2, -0.15) is 10.2 Å². The minimum absolute atomic E-state index is 0.107. The van der Waals surface area contributed by atoms with E-state index in [4.69, 9.17) is 0 Å². The molecule has 7 nitrogen and oxygen atoms in total. The van der Waals surface area contributed by atoms with Crippen LogP contribution in [-0.2, 0) is 13.6 Å². The van der Waals surface area contributed by atoms with E-state index in [2.05, 4.69) is 15.5 Å². The molecule has 0 spiro atoms. The highest BCUT2D eigenvalue weighted by atomic mass is 19.1. The maximum absolute atomic E-state index is 13.6. The van der Waals surface area contributed by atoms with E-state index in [0.29, 0.717) is 17.7 Å². The van der Waals surface area contributed by atoms with Crippen LogP contribution in [0.15, 0.2) is 53.3 Å². The summed E-state index contributed by atoms with van der Waals surface area (Å²) in [5.74, 6) is -1.20. The molecule has 30 heavy (non-hydrogen) atoms. The molecule has 0 fully saturated rings. The van der Waals surface area contributed by atoms with Gasteiger partial charge in [-0.3, -0.25) is 19.0 Å². The van der Waals surface area contributed by atoms with E-state index in [0.717, 1.165) is 23.0 Å². The fraction of sp³-hybridized carbons (Fsp3) is 0.182. The minimum Gasteiger partial charge on any atom is -0.320 e. The molecular formula is C22H20FN5O2. The summed E-state index contributed by atoms with van der Waals surface area (Å²) in [6.45, 7) is 4.47. The Balaban J connectivity index is 1.62. The third kappa shape index (κ3) is 3.71. The van der Waals surface area contributed by atoms with Crippen LogP contribution in [0.1, 0.15) is 27.4 Å². The van der Waals surface area contributed by atoms with Gasteiger partial charge in [0.05, 0.1) is 23.1 Å². The Morgan fingerprint density at radius 3 is 2.63 bits per heavy atom. The monoisotopic (exact) mass is 405 g/mol. The third-order valence-corrected chi connectivity index (χ3v) is 4.85. The van der Waals surface area contributed by atoms with Crippen molar-refractivity contribution in [3.05, 3.63) is 87.2 Å². The second-order valence-electron chi connectivity index (χ2n) is 7.20. The van der Waals surface area contributed by atoms with Gasteiger partial charge in [0.1, 0.15) is 5.82 Å². The zero-order chi connectivity index (χ0) is 21.4. The molecule has 8 heteroatoms. The standard InChI is InChI=1S/C22H20FN5O2/c1-13-9-14(2)28(25-13)12-15-5-4-6-17(10-15)24-22(30)20-21(29)18-11-16(23)7-8-19(18)27(3)26-20/h4-11H,12H2,1-3H3,(H,24,30). The maximum atomic E-state index is 13.6. The van der Waals surface area contributed by atoms with Crippen LogP contribution >= 0.6 is 0 Å². The Hall–Kier alpha value is -3.81. The van der Waals surface area contributed by atoms with Crippen LogP contribution < -0.4 is 10.7 Å². The summed E-state index contributed by atoms with van der Waals surface area (Å²) in [5, 5.41) is 11.4. The third-order valence-electron chi connectivity index (χ3n) is 4.85. The number of fused-ring (bicyclic) bond motifs is 1. The molecule has 4 aromatic rings. The van der Waals surface area contributed by atoms with Gasteiger partial charge < -0.3 is 5.32 Å². The lowest BCUT2D eigenvalue weighted by Gasteiger charge is -2.10. The lowest BCUT2D eigenvalue weighted by molar-refractivity contribution is 0.101. The Kier molecular flexibility index (Phi) is 4.91. The van der Waals surface area contributed by atoms with E-state index in [-0.39, 0.29) is 11.1 Å². The average Bonchev–Trinajstić information content (AvgIpc) is 3.01. The summed E-state index contributed by atoms with van der Waals surface area (Å²) < 4.78 is 16.9. The van der Waals surface area contributed by atoms with Gasteiger partial charge in [0, 0.05) is 18.4 Å². The van der Waals surface area contributed by atoms with Gasteiger partial charge in [-0.05, 0) is 55.8 Å². The minimum atomic E-state index is -0.648. The van der Waals surface area contributed by atoms with Crippen LogP contribution in [0.25, 0.3) is 10.9 Å². The predicted molar refractivity (Wildman–Crippen MR) is 112 cm³/mol. The Morgan fingerprint density at radius 1 is 1.10 bits per heavy atom. The summed E-state index contributed by atoms with van der Waals surface area (Å²) in [6.07, 6.45) is 0. The Bertz CT molecular complexity index is 1340. The molecule has 0 saturated carbocycles. The van der Waals surface area contributed by atoms with Crippen molar-refractivity contribution in [3.63, 3.8) is 0 Å². The number of carbonyl (C=O) groups is 1. The van der Waals surface area contributed by atoms with Crippen molar-refractivity contribution in [2.75, 3.05) is 5.32 Å². The first kappa shape index (κ1) is 19.5. The molecule has 2 aromatic heterocycles. The second-order valence-corrected chi connectivity index (χ2v) is 7.20. The number of hydrogen-bond acceptors (Lipinski definition) is 4. The lowest BCUT2D eigenvalue weighted by Crippen LogP contribution is -2.26. The van der Waals surface area contributed by atoms with Crippen LogP contribution in [0.2, 0.25) is 0 Å². The molecule has 0 aliphatic heterocycles. The molecule has 0 atom stereocenters. The zero-order valence-electron chi connectivity index (χ0n) is 16.8. The number of carbonyl (C=O) groups excluding carboxylic acids is 1. The van der Waals surface area contributed by atoms with Crippen molar-refractivity contribution in [3.8, 4) is 0 Å². The molecule has 2 aromatic carbocycles. The largest absolute Gasteiger partial charge is 0.320 e. The SMILES string of the molecule is Cc1cc(C)n(Cc2cccc(NC(=O)c3nn(C)c4ccc(F)cc4c3=O)c2)n1. The molecule has 2 heterocycles. The van der Waals surface area contributed by atoms with Gasteiger partial charge in [-0.1, -0.05) is 12.1 Å². The molecule has 0 unspecified atom stereocenters. The molecule has 1 amide bonds. The van der Waals surface area contributed by atoms with E-state index in [1.807, 2.05) is 42.8 Å². The van der Waals surface area contributed by atoms with E-state index in [1.54, 1.807) is 13.1 Å². The molecule has 0 aliphatic carbocycles. The van der Waals surface area contributed by atoms with E-state index in [9.17, 15) is 14.0 Å². The molecule has 0 saturated heterocycles. The number of benzene rings is 2. The summed E-state index contributed by atoms with van der Waals surface area (Å²) in [7, 11) is 1.60. The van der Waals surface area contributed by atoms with Crippen molar-refractivity contribution in [2.45, 2.75) is 20.4 Å². The fourth-order valence-corrected chi connectivity index (χ4v) is 3.44. The topological polar surface area (TPSA) is 81.8 Å². The number of nitrogens with zero attached hydrogens (tertiary/aromatic N) is 4. The van der Waals surface area contributed by atoms with Crippen LogP contribution in [-0.4, -0.2) is 25.5 Å². The molecule has 152 valence electrons. The van der Waals surface area contributed by atoms with Crippen LogP contribution in [0.4, 0.5) is 10.1 Å². The molecule has 0 aliphatic rings. The predicted octanol–water partition coefficient (Wildman–Crippen LogP) is 3.19. The van der Waals surface area contributed by atoms with E-state index < -0.39 is 17.2 Å². The van der Waals surface area contributed by atoms with E-state index in [1.165, 1.54) is 16.8 Å².